The quantitative estimate of drug-likeness (QED) is 0.523. The lowest BCUT2D eigenvalue weighted by Crippen LogP contribution is -2.25. The molecule has 0 aliphatic heterocycles. The van der Waals surface area contributed by atoms with Crippen LogP contribution in [0.25, 0.3) is 16.5 Å². The van der Waals surface area contributed by atoms with Crippen LogP contribution >= 0.6 is 12.4 Å². The minimum atomic E-state index is -0.584. The average molecular weight is 385 g/mol. The average Bonchev–Trinajstić information content (AvgIpc) is 2.55. The van der Waals surface area contributed by atoms with Crippen molar-refractivity contribution in [2.24, 2.45) is 16.5 Å². The Morgan fingerprint density at radius 2 is 1.59 bits per heavy atom. The number of aromatic nitrogens is 1. The molecule has 1 aromatic heterocycles. The Labute approximate surface area is 162 Å². The van der Waals surface area contributed by atoms with E-state index in [1.54, 1.807) is 12.1 Å². The number of nitrogens with two attached hydrogens (primary N) is 2. The summed E-state index contributed by atoms with van der Waals surface area (Å²) in [6.45, 7) is 5.80. The van der Waals surface area contributed by atoms with Gasteiger partial charge in [0.15, 0.2) is 5.96 Å². The van der Waals surface area contributed by atoms with Crippen molar-refractivity contribution in [1.82, 2.24) is 4.57 Å². The van der Waals surface area contributed by atoms with Gasteiger partial charge in [-0.15, -0.1) is 12.4 Å². The number of benzene rings is 2. The molecule has 1 heterocycles. The van der Waals surface area contributed by atoms with E-state index in [4.69, 9.17) is 11.5 Å². The number of nitrogens with zero attached hydrogens (tertiary/aromatic N) is 2. The first-order valence-corrected chi connectivity index (χ1v) is 8.15. The molecule has 4 N–H and O–H groups in total. The van der Waals surface area contributed by atoms with Crippen molar-refractivity contribution < 1.29 is 4.79 Å². The summed E-state index contributed by atoms with van der Waals surface area (Å²) in [7, 11) is 0. The first kappa shape index (κ1) is 20.2. The van der Waals surface area contributed by atoms with E-state index >= 15 is 0 Å². The molecule has 0 bridgehead atoms. The zero-order chi connectivity index (χ0) is 19.0. The smallest absolute Gasteiger partial charge is 0.282 e. The minimum absolute atomic E-state index is 0. The minimum Gasteiger partial charge on any atom is -0.370 e. The Morgan fingerprint density at radius 3 is 2.22 bits per heavy atom. The van der Waals surface area contributed by atoms with Gasteiger partial charge in [-0.3, -0.25) is 14.2 Å². The van der Waals surface area contributed by atoms with Gasteiger partial charge in [0.25, 0.3) is 11.5 Å². The second-order valence-electron chi connectivity index (χ2n) is 6.40. The van der Waals surface area contributed by atoms with Gasteiger partial charge in [0.1, 0.15) is 0 Å². The number of amides is 1. The standard InChI is InChI=1S/C20H20N4O2.ClH/c1-11-5-7-17(13(3)8-11)24-10-16(18(25)23-20(21)22)15-9-12(2)4-6-14(15)19(24)26;/h4-10H,1-3H3,(H4,21,22,23,25);1H. The second kappa shape index (κ2) is 7.63. The molecule has 0 unspecified atom stereocenters. The van der Waals surface area contributed by atoms with E-state index < -0.39 is 5.91 Å². The zero-order valence-corrected chi connectivity index (χ0v) is 16.1. The zero-order valence-electron chi connectivity index (χ0n) is 15.3. The maximum absolute atomic E-state index is 13.0. The van der Waals surface area contributed by atoms with Gasteiger partial charge in [0.2, 0.25) is 0 Å². The van der Waals surface area contributed by atoms with Crippen molar-refractivity contribution in [2.75, 3.05) is 0 Å². The Kier molecular flexibility index (Phi) is 5.71. The molecule has 0 saturated heterocycles. The molecule has 0 aliphatic carbocycles. The lowest BCUT2D eigenvalue weighted by molar-refractivity contribution is 0.100. The van der Waals surface area contributed by atoms with Crippen LogP contribution in [-0.4, -0.2) is 16.4 Å². The molecule has 0 fully saturated rings. The number of carbonyl (C=O) groups is 1. The number of pyridine rings is 1. The van der Waals surface area contributed by atoms with Crippen molar-refractivity contribution >= 4 is 35.0 Å². The third kappa shape index (κ3) is 3.85. The number of aliphatic imine (C=N–C) groups is 1. The number of halogens is 1. The normalized spacial score (nSPS) is 10.3. The highest BCUT2D eigenvalue weighted by Crippen LogP contribution is 2.22. The van der Waals surface area contributed by atoms with E-state index in [2.05, 4.69) is 4.99 Å². The maximum Gasteiger partial charge on any atom is 0.282 e. The molecule has 0 radical (unpaired) electrons. The summed E-state index contributed by atoms with van der Waals surface area (Å²) in [6, 6.07) is 11.1. The van der Waals surface area contributed by atoms with E-state index in [1.807, 2.05) is 45.0 Å². The third-order valence-electron chi connectivity index (χ3n) is 4.25. The number of hydrogen-bond acceptors (Lipinski definition) is 2. The number of hydrogen-bond donors (Lipinski definition) is 2. The molecular formula is C20H21ClN4O2. The summed E-state index contributed by atoms with van der Waals surface area (Å²) >= 11 is 0. The lowest BCUT2D eigenvalue weighted by atomic mass is 10.0. The Bertz CT molecular complexity index is 1130. The molecular weight excluding hydrogens is 364 g/mol. The molecule has 0 aliphatic rings. The number of guanidine groups is 1. The Balaban J connectivity index is 0.00000261. The molecule has 0 spiro atoms. The highest BCUT2D eigenvalue weighted by atomic mass is 35.5. The molecule has 0 saturated carbocycles. The van der Waals surface area contributed by atoms with Crippen molar-refractivity contribution in [3.8, 4) is 5.69 Å². The van der Waals surface area contributed by atoms with Crippen LogP contribution < -0.4 is 17.0 Å². The van der Waals surface area contributed by atoms with Crippen LogP contribution in [0.2, 0.25) is 0 Å². The maximum atomic E-state index is 13.0. The molecule has 0 atom stereocenters. The highest BCUT2D eigenvalue weighted by molar-refractivity contribution is 6.10. The van der Waals surface area contributed by atoms with Crippen LogP contribution in [0, 0.1) is 20.8 Å². The van der Waals surface area contributed by atoms with Crippen LogP contribution in [0.15, 0.2) is 52.4 Å². The van der Waals surface area contributed by atoms with Crippen LogP contribution in [0.3, 0.4) is 0 Å². The second-order valence-corrected chi connectivity index (χ2v) is 6.40. The number of fused-ring (bicyclic) bond motifs is 1. The van der Waals surface area contributed by atoms with Crippen LogP contribution in [-0.2, 0) is 0 Å². The molecule has 3 rings (SSSR count). The van der Waals surface area contributed by atoms with Gasteiger partial charge in [0.05, 0.1) is 11.3 Å². The monoisotopic (exact) mass is 384 g/mol. The highest BCUT2D eigenvalue weighted by Gasteiger charge is 2.16. The molecule has 7 heteroatoms. The van der Waals surface area contributed by atoms with E-state index in [1.165, 1.54) is 10.8 Å². The summed E-state index contributed by atoms with van der Waals surface area (Å²) in [6.07, 6.45) is 1.51. The van der Waals surface area contributed by atoms with Gasteiger partial charge in [-0.1, -0.05) is 35.4 Å². The summed E-state index contributed by atoms with van der Waals surface area (Å²) in [4.78, 5) is 29.2. The first-order chi connectivity index (χ1) is 12.3. The van der Waals surface area contributed by atoms with E-state index in [0.29, 0.717) is 16.5 Å². The fraction of sp³-hybridized carbons (Fsp3) is 0.150. The molecule has 1 amide bonds. The predicted molar refractivity (Wildman–Crippen MR) is 111 cm³/mol. The largest absolute Gasteiger partial charge is 0.370 e. The number of aryl methyl sites for hydroxylation is 3. The number of rotatable bonds is 2. The summed E-state index contributed by atoms with van der Waals surface area (Å²) in [5.41, 5.74) is 14.5. The summed E-state index contributed by atoms with van der Waals surface area (Å²) in [5.74, 6) is -0.904. The Hall–Kier alpha value is -3.12. The van der Waals surface area contributed by atoms with Gasteiger partial charge < -0.3 is 11.5 Å². The van der Waals surface area contributed by atoms with Crippen molar-refractivity contribution in [3.05, 3.63) is 75.2 Å². The van der Waals surface area contributed by atoms with E-state index in [9.17, 15) is 9.59 Å². The number of carbonyl (C=O) groups excluding carboxylic acids is 1. The van der Waals surface area contributed by atoms with E-state index in [0.717, 1.165) is 16.7 Å². The third-order valence-corrected chi connectivity index (χ3v) is 4.25. The van der Waals surface area contributed by atoms with Crippen LogP contribution in [0.4, 0.5) is 0 Å². The fourth-order valence-corrected chi connectivity index (χ4v) is 3.06. The van der Waals surface area contributed by atoms with Gasteiger partial charge >= 0.3 is 0 Å². The molecule has 140 valence electrons. The Morgan fingerprint density at radius 1 is 0.963 bits per heavy atom. The summed E-state index contributed by atoms with van der Waals surface area (Å²) < 4.78 is 1.47. The van der Waals surface area contributed by atoms with Crippen molar-refractivity contribution in [3.63, 3.8) is 0 Å². The predicted octanol–water partition coefficient (Wildman–Crippen LogP) is 2.75. The van der Waals surface area contributed by atoms with Crippen LogP contribution in [0.5, 0.6) is 0 Å². The first-order valence-electron chi connectivity index (χ1n) is 8.15. The lowest BCUT2D eigenvalue weighted by Gasteiger charge is -2.14. The van der Waals surface area contributed by atoms with Crippen LogP contribution in [0.1, 0.15) is 27.0 Å². The van der Waals surface area contributed by atoms with Gasteiger partial charge in [0, 0.05) is 17.0 Å². The molecule has 27 heavy (non-hydrogen) atoms. The van der Waals surface area contributed by atoms with Gasteiger partial charge in [-0.25, -0.2) is 0 Å². The molecule has 6 nitrogen and oxygen atoms in total. The SMILES string of the molecule is Cc1ccc(-n2cc(C(=O)N=C(N)N)c3cc(C)ccc3c2=O)c(C)c1.Cl. The van der Waals surface area contributed by atoms with E-state index in [-0.39, 0.29) is 29.5 Å². The summed E-state index contributed by atoms with van der Waals surface area (Å²) in [5, 5.41) is 0.971. The fourth-order valence-electron chi connectivity index (χ4n) is 3.06. The molecule has 2 aromatic carbocycles. The van der Waals surface area contributed by atoms with Gasteiger partial charge in [-0.2, -0.15) is 4.99 Å². The van der Waals surface area contributed by atoms with Crippen molar-refractivity contribution in [2.45, 2.75) is 20.8 Å². The topological polar surface area (TPSA) is 103 Å². The van der Waals surface area contributed by atoms with Gasteiger partial charge in [-0.05, 0) is 38.5 Å². The van der Waals surface area contributed by atoms with Crippen molar-refractivity contribution in [1.29, 1.82) is 0 Å². The molecule has 3 aromatic rings.